The standard InChI is InChI=1S/C13H12BrClN2O/c1-2-18-11-5-3-4-10(7-11)17-13-12(15)6-9(14)8-16-13/h3-8H,2H2,1H3,(H,16,17). The fourth-order valence-corrected chi connectivity index (χ4v) is 2.15. The molecule has 3 nitrogen and oxygen atoms in total. The Kier molecular flexibility index (Phi) is 4.44. The lowest BCUT2D eigenvalue weighted by atomic mass is 10.3. The van der Waals surface area contributed by atoms with Gasteiger partial charge in [-0.05, 0) is 41.1 Å². The van der Waals surface area contributed by atoms with Gasteiger partial charge >= 0.3 is 0 Å². The van der Waals surface area contributed by atoms with E-state index in [1.54, 1.807) is 12.3 Å². The zero-order valence-electron chi connectivity index (χ0n) is 9.78. The molecule has 0 spiro atoms. The van der Waals surface area contributed by atoms with Crippen molar-refractivity contribution in [2.24, 2.45) is 0 Å². The lowest BCUT2D eigenvalue weighted by Gasteiger charge is -2.09. The summed E-state index contributed by atoms with van der Waals surface area (Å²) in [5.41, 5.74) is 0.887. The third-order valence-corrected chi connectivity index (χ3v) is 2.94. The molecular weight excluding hydrogens is 316 g/mol. The Labute approximate surface area is 119 Å². The molecule has 0 bridgehead atoms. The van der Waals surface area contributed by atoms with Crippen LogP contribution in [0.25, 0.3) is 0 Å². The molecule has 0 fully saturated rings. The van der Waals surface area contributed by atoms with Crippen LogP contribution < -0.4 is 10.1 Å². The number of hydrogen-bond acceptors (Lipinski definition) is 3. The second-order valence-corrected chi connectivity index (χ2v) is 4.89. The van der Waals surface area contributed by atoms with Gasteiger partial charge < -0.3 is 10.1 Å². The molecule has 0 aliphatic rings. The minimum Gasteiger partial charge on any atom is -0.494 e. The first-order valence-electron chi connectivity index (χ1n) is 5.50. The van der Waals surface area contributed by atoms with E-state index in [1.165, 1.54) is 0 Å². The van der Waals surface area contributed by atoms with E-state index in [4.69, 9.17) is 16.3 Å². The predicted molar refractivity (Wildman–Crippen MR) is 77.8 cm³/mol. The molecule has 0 unspecified atom stereocenters. The molecule has 0 saturated heterocycles. The average molecular weight is 328 g/mol. The first-order chi connectivity index (χ1) is 8.69. The number of nitrogens with one attached hydrogen (secondary N) is 1. The van der Waals surface area contributed by atoms with Crippen molar-refractivity contribution >= 4 is 39.0 Å². The molecule has 0 saturated carbocycles. The molecule has 0 radical (unpaired) electrons. The Hall–Kier alpha value is -1.26. The smallest absolute Gasteiger partial charge is 0.149 e. The van der Waals surface area contributed by atoms with Crippen molar-refractivity contribution in [3.63, 3.8) is 0 Å². The largest absolute Gasteiger partial charge is 0.494 e. The minimum absolute atomic E-state index is 0.561. The molecule has 1 aromatic carbocycles. The van der Waals surface area contributed by atoms with Gasteiger partial charge in [0.1, 0.15) is 11.6 Å². The van der Waals surface area contributed by atoms with Gasteiger partial charge in [0.15, 0.2) is 0 Å². The number of aromatic nitrogens is 1. The lowest BCUT2D eigenvalue weighted by Crippen LogP contribution is -1.96. The Balaban J connectivity index is 2.20. The summed E-state index contributed by atoms with van der Waals surface area (Å²) in [6.07, 6.45) is 1.70. The molecule has 5 heteroatoms. The molecule has 0 amide bonds. The number of halogens is 2. The third kappa shape index (κ3) is 3.37. The third-order valence-electron chi connectivity index (χ3n) is 2.22. The summed E-state index contributed by atoms with van der Waals surface area (Å²) in [6, 6.07) is 9.46. The number of ether oxygens (including phenoxy) is 1. The Morgan fingerprint density at radius 2 is 2.22 bits per heavy atom. The topological polar surface area (TPSA) is 34.1 Å². The van der Waals surface area contributed by atoms with Crippen LogP contribution in [0, 0.1) is 0 Å². The number of hydrogen-bond donors (Lipinski definition) is 1. The maximum absolute atomic E-state index is 6.09. The zero-order valence-corrected chi connectivity index (χ0v) is 12.1. The van der Waals surface area contributed by atoms with E-state index < -0.39 is 0 Å². The highest BCUT2D eigenvalue weighted by Gasteiger charge is 2.04. The van der Waals surface area contributed by atoms with E-state index in [2.05, 4.69) is 26.2 Å². The van der Waals surface area contributed by atoms with Crippen molar-refractivity contribution in [3.8, 4) is 5.75 Å². The van der Waals surface area contributed by atoms with E-state index in [1.807, 2.05) is 31.2 Å². The van der Waals surface area contributed by atoms with Gasteiger partial charge in [-0.2, -0.15) is 0 Å². The molecule has 1 aromatic heterocycles. The summed E-state index contributed by atoms with van der Waals surface area (Å²) >= 11 is 9.41. The predicted octanol–water partition coefficient (Wildman–Crippen LogP) is 4.64. The van der Waals surface area contributed by atoms with Gasteiger partial charge in [0.2, 0.25) is 0 Å². The van der Waals surface area contributed by atoms with Crippen molar-refractivity contribution in [1.29, 1.82) is 0 Å². The lowest BCUT2D eigenvalue weighted by molar-refractivity contribution is 0.340. The van der Waals surface area contributed by atoms with Crippen LogP contribution in [0.1, 0.15) is 6.92 Å². The van der Waals surface area contributed by atoms with Crippen LogP contribution in [-0.2, 0) is 0 Å². The fraction of sp³-hybridized carbons (Fsp3) is 0.154. The summed E-state index contributed by atoms with van der Waals surface area (Å²) in [4.78, 5) is 4.22. The second kappa shape index (κ2) is 6.07. The highest BCUT2D eigenvalue weighted by atomic mass is 79.9. The van der Waals surface area contributed by atoms with Gasteiger partial charge in [-0.3, -0.25) is 0 Å². The molecule has 18 heavy (non-hydrogen) atoms. The Bertz CT molecular complexity index is 548. The van der Waals surface area contributed by atoms with Crippen LogP contribution in [0.2, 0.25) is 5.02 Å². The quantitative estimate of drug-likeness (QED) is 0.888. The maximum atomic E-state index is 6.09. The molecule has 0 atom stereocenters. The van der Waals surface area contributed by atoms with Gasteiger partial charge in [0.25, 0.3) is 0 Å². The van der Waals surface area contributed by atoms with Crippen molar-refractivity contribution in [1.82, 2.24) is 4.98 Å². The van der Waals surface area contributed by atoms with E-state index in [0.717, 1.165) is 15.9 Å². The first-order valence-corrected chi connectivity index (χ1v) is 6.67. The van der Waals surface area contributed by atoms with Gasteiger partial charge in [0.05, 0.1) is 11.6 Å². The van der Waals surface area contributed by atoms with E-state index in [-0.39, 0.29) is 0 Å². The molecule has 94 valence electrons. The second-order valence-electron chi connectivity index (χ2n) is 3.57. The summed E-state index contributed by atoms with van der Waals surface area (Å²) in [5.74, 6) is 1.43. The monoisotopic (exact) mass is 326 g/mol. The van der Waals surface area contributed by atoms with Crippen molar-refractivity contribution in [3.05, 3.63) is 46.0 Å². The zero-order chi connectivity index (χ0) is 13.0. The van der Waals surface area contributed by atoms with Gasteiger partial charge in [-0.1, -0.05) is 17.7 Å². The number of benzene rings is 1. The Morgan fingerprint density at radius 3 is 2.94 bits per heavy atom. The number of nitrogens with zero attached hydrogens (tertiary/aromatic N) is 1. The summed E-state index contributed by atoms with van der Waals surface area (Å²) in [7, 11) is 0. The number of anilines is 2. The van der Waals surface area contributed by atoms with Crippen molar-refractivity contribution < 1.29 is 4.74 Å². The maximum Gasteiger partial charge on any atom is 0.149 e. The van der Waals surface area contributed by atoms with Crippen LogP contribution in [0.5, 0.6) is 5.75 Å². The first kappa shape index (κ1) is 13.2. The SMILES string of the molecule is CCOc1cccc(Nc2ncc(Br)cc2Cl)c1. The highest BCUT2D eigenvalue weighted by molar-refractivity contribution is 9.10. The van der Waals surface area contributed by atoms with Crippen molar-refractivity contribution in [2.45, 2.75) is 6.92 Å². The summed E-state index contributed by atoms with van der Waals surface area (Å²) in [5, 5.41) is 3.72. The minimum atomic E-state index is 0.561. The summed E-state index contributed by atoms with van der Waals surface area (Å²) in [6.45, 7) is 2.59. The molecule has 2 aromatic rings. The summed E-state index contributed by atoms with van der Waals surface area (Å²) < 4.78 is 6.28. The molecule has 0 aliphatic carbocycles. The molecule has 1 N–H and O–H groups in total. The van der Waals surface area contributed by atoms with E-state index >= 15 is 0 Å². The van der Waals surface area contributed by atoms with Crippen LogP contribution in [0.4, 0.5) is 11.5 Å². The molecule has 0 aliphatic heterocycles. The Morgan fingerprint density at radius 1 is 1.39 bits per heavy atom. The van der Waals surface area contributed by atoms with E-state index in [0.29, 0.717) is 17.4 Å². The van der Waals surface area contributed by atoms with E-state index in [9.17, 15) is 0 Å². The highest BCUT2D eigenvalue weighted by Crippen LogP contribution is 2.27. The molecule has 2 rings (SSSR count). The van der Waals surface area contributed by atoms with Crippen LogP contribution in [-0.4, -0.2) is 11.6 Å². The van der Waals surface area contributed by atoms with Crippen LogP contribution in [0.15, 0.2) is 41.0 Å². The van der Waals surface area contributed by atoms with Crippen LogP contribution in [0.3, 0.4) is 0 Å². The fourth-order valence-electron chi connectivity index (χ4n) is 1.47. The normalized spacial score (nSPS) is 10.2. The van der Waals surface area contributed by atoms with Crippen molar-refractivity contribution in [2.75, 3.05) is 11.9 Å². The number of rotatable bonds is 4. The number of pyridine rings is 1. The van der Waals surface area contributed by atoms with Gasteiger partial charge in [-0.15, -0.1) is 0 Å². The van der Waals surface area contributed by atoms with Crippen LogP contribution >= 0.6 is 27.5 Å². The van der Waals surface area contributed by atoms with Gasteiger partial charge in [0, 0.05) is 22.4 Å². The molecular formula is C13H12BrClN2O. The average Bonchev–Trinajstić information content (AvgIpc) is 2.34. The van der Waals surface area contributed by atoms with Gasteiger partial charge in [-0.25, -0.2) is 4.98 Å². The molecule has 1 heterocycles.